The molecule has 1 nitrogen and oxygen atoms in total. The fourth-order valence-corrected chi connectivity index (χ4v) is 2.69. The van der Waals surface area contributed by atoms with Gasteiger partial charge in [0, 0.05) is 11.8 Å². The lowest BCUT2D eigenvalue weighted by Crippen LogP contribution is -3.00. The summed E-state index contributed by atoms with van der Waals surface area (Å²) in [7, 11) is 2.46. The van der Waals surface area contributed by atoms with Crippen molar-refractivity contribution in [1.82, 2.24) is 0 Å². The number of alkyl halides is 1. The number of quaternary nitrogens is 1. The first-order valence-electron chi connectivity index (χ1n) is 7.58. The molecule has 0 heterocycles. The Morgan fingerprint density at radius 1 is 0.722 bits per heavy atom. The van der Waals surface area contributed by atoms with Crippen molar-refractivity contribution < 1.29 is 28.5 Å². The first kappa shape index (κ1) is 21.5. The molecule has 0 aromatic carbocycles. The monoisotopic (exact) mass is 433 g/mol. The van der Waals surface area contributed by atoms with Crippen molar-refractivity contribution in [2.75, 3.05) is 32.0 Å². The summed E-state index contributed by atoms with van der Waals surface area (Å²) in [6, 6.07) is 0. The van der Waals surface area contributed by atoms with Crippen molar-refractivity contribution in [2.45, 2.75) is 65.2 Å². The SMILES string of the molecule is CCCCCC[N+](C)(CCCBr)CCCCC.[I-]. The first-order chi connectivity index (χ1) is 8.18. The van der Waals surface area contributed by atoms with Crippen molar-refractivity contribution in [3.8, 4) is 0 Å². The van der Waals surface area contributed by atoms with E-state index in [4.69, 9.17) is 0 Å². The molecule has 0 saturated carbocycles. The molecule has 0 rings (SSSR count). The number of unbranched alkanes of at least 4 members (excludes halogenated alkanes) is 5. The van der Waals surface area contributed by atoms with E-state index < -0.39 is 0 Å². The van der Waals surface area contributed by atoms with Crippen LogP contribution in [0, 0.1) is 0 Å². The van der Waals surface area contributed by atoms with Crippen LogP contribution in [0.25, 0.3) is 0 Å². The lowest BCUT2D eigenvalue weighted by atomic mass is 10.1. The lowest BCUT2D eigenvalue weighted by molar-refractivity contribution is -0.910. The second-order valence-corrected chi connectivity index (χ2v) is 6.39. The van der Waals surface area contributed by atoms with Gasteiger partial charge >= 0.3 is 0 Å². The van der Waals surface area contributed by atoms with Crippen LogP contribution in [0.1, 0.15) is 65.2 Å². The van der Waals surface area contributed by atoms with Crippen LogP contribution in [0.3, 0.4) is 0 Å². The molecule has 1 unspecified atom stereocenters. The van der Waals surface area contributed by atoms with E-state index in [2.05, 4.69) is 36.8 Å². The van der Waals surface area contributed by atoms with Crippen LogP contribution < -0.4 is 24.0 Å². The van der Waals surface area contributed by atoms with Gasteiger partial charge in [-0.15, -0.1) is 0 Å². The molecular formula is C15H33BrIN. The third kappa shape index (κ3) is 12.2. The maximum Gasteiger partial charge on any atom is 0.0792 e. The second-order valence-electron chi connectivity index (χ2n) is 5.60. The Hall–Kier alpha value is 1.17. The Kier molecular flexibility index (Phi) is 17.4. The standard InChI is InChI=1S/C15H33BrN.HI/c1-4-6-8-10-14-17(3,15-11-12-16)13-9-7-5-2;/h4-15H2,1-3H3;1H/q+1;/p-1. The molecule has 0 fully saturated rings. The summed E-state index contributed by atoms with van der Waals surface area (Å²) in [6.45, 7) is 8.70. The molecule has 0 amide bonds. The van der Waals surface area contributed by atoms with Crippen LogP contribution in [-0.4, -0.2) is 36.5 Å². The molecular weight excluding hydrogens is 401 g/mol. The topological polar surface area (TPSA) is 0 Å². The zero-order chi connectivity index (χ0) is 13.0. The van der Waals surface area contributed by atoms with Gasteiger partial charge in [0.1, 0.15) is 0 Å². The molecule has 112 valence electrons. The van der Waals surface area contributed by atoms with Crippen molar-refractivity contribution in [2.24, 2.45) is 0 Å². The van der Waals surface area contributed by atoms with Gasteiger partial charge in [0.05, 0.1) is 26.7 Å². The number of halogens is 2. The number of nitrogens with zero attached hydrogens (tertiary/aromatic N) is 1. The summed E-state index contributed by atoms with van der Waals surface area (Å²) >= 11 is 3.57. The Morgan fingerprint density at radius 2 is 1.17 bits per heavy atom. The normalized spacial score (nSPS) is 14.0. The van der Waals surface area contributed by atoms with Crippen LogP contribution in [0.2, 0.25) is 0 Å². The van der Waals surface area contributed by atoms with E-state index in [0.717, 1.165) is 5.33 Å². The van der Waals surface area contributed by atoms with Crippen molar-refractivity contribution in [3.63, 3.8) is 0 Å². The highest BCUT2D eigenvalue weighted by molar-refractivity contribution is 9.09. The zero-order valence-electron chi connectivity index (χ0n) is 12.7. The smallest absolute Gasteiger partial charge is 0.0792 e. The highest BCUT2D eigenvalue weighted by atomic mass is 127. The van der Waals surface area contributed by atoms with E-state index in [0.29, 0.717) is 0 Å². The van der Waals surface area contributed by atoms with Crippen LogP contribution in [0.5, 0.6) is 0 Å². The van der Waals surface area contributed by atoms with Gasteiger partial charge in [-0.3, -0.25) is 0 Å². The average Bonchev–Trinajstić information content (AvgIpc) is 2.33. The third-order valence-electron chi connectivity index (χ3n) is 3.68. The number of rotatable bonds is 12. The molecule has 0 aliphatic rings. The molecule has 0 N–H and O–H groups in total. The molecule has 0 radical (unpaired) electrons. The van der Waals surface area contributed by atoms with E-state index in [1.165, 1.54) is 75.5 Å². The van der Waals surface area contributed by atoms with Crippen LogP contribution in [0.4, 0.5) is 0 Å². The Morgan fingerprint density at radius 3 is 1.67 bits per heavy atom. The van der Waals surface area contributed by atoms with Crippen molar-refractivity contribution in [3.05, 3.63) is 0 Å². The van der Waals surface area contributed by atoms with Crippen LogP contribution in [0.15, 0.2) is 0 Å². The minimum Gasteiger partial charge on any atom is -1.00 e. The van der Waals surface area contributed by atoms with Gasteiger partial charge in [-0.05, 0) is 25.7 Å². The summed E-state index contributed by atoms with van der Waals surface area (Å²) in [5.41, 5.74) is 0. The molecule has 0 aromatic heterocycles. The molecule has 0 aliphatic heterocycles. The largest absolute Gasteiger partial charge is 1.00 e. The van der Waals surface area contributed by atoms with E-state index >= 15 is 0 Å². The number of hydrogen-bond acceptors (Lipinski definition) is 0. The predicted molar refractivity (Wildman–Crippen MR) is 82.9 cm³/mol. The minimum atomic E-state index is 0. The van der Waals surface area contributed by atoms with Gasteiger partial charge < -0.3 is 28.5 Å². The van der Waals surface area contributed by atoms with Gasteiger partial charge in [-0.2, -0.15) is 0 Å². The van der Waals surface area contributed by atoms with Gasteiger partial charge in [0.15, 0.2) is 0 Å². The van der Waals surface area contributed by atoms with Crippen LogP contribution >= 0.6 is 15.9 Å². The summed E-state index contributed by atoms with van der Waals surface area (Å²) in [5.74, 6) is 0. The Bertz CT molecular complexity index is 167. The fourth-order valence-electron chi connectivity index (χ4n) is 2.44. The van der Waals surface area contributed by atoms with Crippen molar-refractivity contribution >= 4 is 15.9 Å². The van der Waals surface area contributed by atoms with E-state index in [-0.39, 0.29) is 24.0 Å². The predicted octanol–water partition coefficient (Wildman–Crippen LogP) is 1.99. The highest BCUT2D eigenvalue weighted by Gasteiger charge is 2.19. The quantitative estimate of drug-likeness (QED) is 0.191. The summed E-state index contributed by atoms with van der Waals surface area (Å²) in [5, 5.41) is 1.16. The molecule has 1 atom stereocenters. The van der Waals surface area contributed by atoms with Crippen LogP contribution in [-0.2, 0) is 0 Å². The van der Waals surface area contributed by atoms with Gasteiger partial charge in [-0.1, -0.05) is 49.0 Å². The Labute approximate surface area is 141 Å². The van der Waals surface area contributed by atoms with Gasteiger partial charge in [0.2, 0.25) is 0 Å². The Balaban J connectivity index is 0. The highest BCUT2D eigenvalue weighted by Crippen LogP contribution is 2.12. The summed E-state index contributed by atoms with van der Waals surface area (Å²) in [6.07, 6.45) is 11.1. The lowest BCUT2D eigenvalue weighted by Gasteiger charge is -2.35. The molecule has 18 heavy (non-hydrogen) atoms. The van der Waals surface area contributed by atoms with E-state index in [1.54, 1.807) is 0 Å². The molecule has 3 heteroatoms. The molecule has 0 aromatic rings. The zero-order valence-corrected chi connectivity index (χ0v) is 16.4. The third-order valence-corrected chi connectivity index (χ3v) is 4.25. The molecule has 0 spiro atoms. The first-order valence-corrected chi connectivity index (χ1v) is 8.70. The van der Waals surface area contributed by atoms with E-state index in [9.17, 15) is 0 Å². The molecule has 0 saturated heterocycles. The summed E-state index contributed by atoms with van der Waals surface area (Å²) < 4.78 is 1.30. The summed E-state index contributed by atoms with van der Waals surface area (Å²) in [4.78, 5) is 0. The van der Waals surface area contributed by atoms with E-state index in [1.807, 2.05) is 0 Å². The number of hydrogen-bond donors (Lipinski definition) is 0. The molecule has 0 bridgehead atoms. The minimum absolute atomic E-state index is 0. The maximum absolute atomic E-state index is 3.57. The second kappa shape index (κ2) is 14.6. The van der Waals surface area contributed by atoms with Gasteiger partial charge in [0.25, 0.3) is 0 Å². The average molecular weight is 434 g/mol. The van der Waals surface area contributed by atoms with Crippen molar-refractivity contribution in [1.29, 1.82) is 0 Å². The fraction of sp³-hybridized carbons (Fsp3) is 1.00. The van der Waals surface area contributed by atoms with Gasteiger partial charge in [-0.25, -0.2) is 0 Å². The maximum atomic E-state index is 3.57. The molecule has 0 aliphatic carbocycles.